The lowest BCUT2D eigenvalue weighted by Crippen LogP contribution is -2.45. The first-order valence-electron chi connectivity index (χ1n) is 5.92. The van der Waals surface area contributed by atoms with E-state index in [0.717, 1.165) is 12.8 Å². The van der Waals surface area contributed by atoms with E-state index in [4.69, 9.17) is 28.9 Å². The predicted molar refractivity (Wildman–Crippen MR) is 78.0 cm³/mol. The van der Waals surface area contributed by atoms with E-state index in [1.807, 2.05) is 13.8 Å². The van der Waals surface area contributed by atoms with Crippen molar-refractivity contribution < 1.29 is 8.42 Å². The summed E-state index contributed by atoms with van der Waals surface area (Å²) in [6.07, 6.45) is 2.05. The normalized spacial score (nSPS) is 16.6. The van der Waals surface area contributed by atoms with Crippen LogP contribution in [0.5, 0.6) is 0 Å². The van der Waals surface area contributed by atoms with E-state index in [1.165, 1.54) is 12.1 Å². The van der Waals surface area contributed by atoms with Crippen LogP contribution in [0.2, 0.25) is 10.0 Å². The monoisotopic (exact) mass is 322 g/mol. The Morgan fingerprint density at radius 2 is 1.89 bits per heavy atom. The topological polar surface area (TPSA) is 72.2 Å². The van der Waals surface area contributed by atoms with E-state index >= 15 is 0 Å². The summed E-state index contributed by atoms with van der Waals surface area (Å²) in [6, 6.07) is 2.75. The lowest BCUT2D eigenvalue weighted by Gasteiger charge is -2.26. The Balaban J connectivity index is 2.40. The third kappa shape index (κ3) is 3.16. The molecule has 0 amide bonds. The quantitative estimate of drug-likeness (QED) is 0.837. The molecule has 0 bridgehead atoms. The zero-order valence-corrected chi connectivity index (χ0v) is 13.0. The highest BCUT2D eigenvalue weighted by molar-refractivity contribution is 7.89. The van der Waals surface area contributed by atoms with Gasteiger partial charge in [0.05, 0.1) is 10.7 Å². The molecule has 0 atom stereocenters. The molecule has 19 heavy (non-hydrogen) atoms. The summed E-state index contributed by atoms with van der Waals surface area (Å²) in [7, 11) is -3.77. The number of anilines is 1. The molecule has 1 aromatic carbocycles. The zero-order chi connectivity index (χ0) is 14.4. The number of nitrogens with one attached hydrogen (secondary N) is 1. The van der Waals surface area contributed by atoms with Gasteiger partial charge in [0, 0.05) is 10.6 Å². The van der Waals surface area contributed by atoms with Crippen LogP contribution in [0.4, 0.5) is 5.69 Å². The van der Waals surface area contributed by atoms with Gasteiger partial charge in [-0.1, -0.05) is 23.2 Å². The Bertz CT molecular complexity index is 587. The second-order valence-corrected chi connectivity index (χ2v) is 7.87. The van der Waals surface area contributed by atoms with Crippen molar-refractivity contribution in [2.24, 2.45) is 5.92 Å². The summed E-state index contributed by atoms with van der Waals surface area (Å²) in [5.74, 6) is 0.356. The Hall–Kier alpha value is -0.490. The van der Waals surface area contributed by atoms with Gasteiger partial charge < -0.3 is 5.73 Å². The second kappa shape index (κ2) is 4.81. The Morgan fingerprint density at radius 1 is 1.32 bits per heavy atom. The standard InChI is InChI=1S/C12H16Cl2N2O2S/c1-12(2,7-3-4-7)16-19(17,18)11-9(14)5-8(13)6-10(11)15/h5-7,16H,3-4,15H2,1-2H3. The van der Waals surface area contributed by atoms with Gasteiger partial charge in [0.1, 0.15) is 4.90 Å². The van der Waals surface area contributed by atoms with Crippen molar-refractivity contribution in [3.05, 3.63) is 22.2 Å². The molecule has 1 aliphatic rings. The van der Waals surface area contributed by atoms with Gasteiger partial charge >= 0.3 is 0 Å². The van der Waals surface area contributed by atoms with Crippen LogP contribution >= 0.6 is 23.2 Å². The third-order valence-corrected chi connectivity index (χ3v) is 5.72. The fourth-order valence-corrected chi connectivity index (χ4v) is 4.61. The number of nitrogens with two attached hydrogens (primary N) is 1. The minimum Gasteiger partial charge on any atom is -0.398 e. The van der Waals surface area contributed by atoms with E-state index < -0.39 is 15.6 Å². The number of benzene rings is 1. The molecule has 0 spiro atoms. The number of hydrogen-bond acceptors (Lipinski definition) is 3. The lowest BCUT2D eigenvalue weighted by molar-refractivity contribution is 0.400. The molecule has 3 N–H and O–H groups in total. The Kier molecular flexibility index (Phi) is 3.77. The molecule has 1 aromatic rings. The Morgan fingerprint density at radius 3 is 2.37 bits per heavy atom. The zero-order valence-electron chi connectivity index (χ0n) is 10.7. The second-order valence-electron chi connectivity index (χ2n) is 5.41. The fourth-order valence-electron chi connectivity index (χ4n) is 2.15. The van der Waals surface area contributed by atoms with Gasteiger partial charge in [0.25, 0.3) is 0 Å². The molecule has 0 aromatic heterocycles. The number of sulfonamides is 1. The fraction of sp³-hybridized carbons (Fsp3) is 0.500. The van der Waals surface area contributed by atoms with Gasteiger partial charge in [-0.05, 0) is 44.7 Å². The molecule has 0 aliphatic heterocycles. The summed E-state index contributed by atoms with van der Waals surface area (Å²) in [5.41, 5.74) is 5.28. The smallest absolute Gasteiger partial charge is 0.244 e. The van der Waals surface area contributed by atoms with Crippen LogP contribution in [-0.2, 0) is 10.0 Å². The molecular weight excluding hydrogens is 307 g/mol. The Labute approximate surface area is 123 Å². The van der Waals surface area contributed by atoms with Crippen LogP contribution in [0.15, 0.2) is 17.0 Å². The average molecular weight is 323 g/mol. The van der Waals surface area contributed by atoms with Crippen LogP contribution in [0.25, 0.3) is 0 Å². The number of rotatable bonds is 4. The summed E-state index contributed by atoms with van der Waals surface area (Å²) < 4.78 is 27.5. The van der Waals surface area contributed by atoms with E-state index in [-0.39, 0.29) is 15.6 Å². The van der Waals surface area contributed by atoms with Gasteiger partial charge in [-0.2, -0.15) is 0 Å². The molecule has 0 heterocycles. The van der Waals surface area contributed by atoms with E-state index in [9.17, 15) is 8.42 Å². The van der Waals surface area contributed by atoms with Crippen LogP contribution in [0.1, 0.15) is 26.7 Å². The maximum absolute atomic E-state index is 12.4. The lowest BCUT2D eigenvalue weighted by atomic mass is 10.0. The molecule has 2 rings (SSSR count). The summed E-state index contributed by atoms with van der Waals surface area (Å²) in [4.78, 5) is -0.104. The van der Waals surface area contributed by atoms with E-state index in [0.29, 0.717) is 10.9 Å². The van der Waals surface area contributed by atoms with Crippen molar-refractivity contribution in [3.8, 4) is 0 Å². The summed E-state index contributed by atoms with van der Waals surface area (Å²) >= 11 is 11.7. The van der Waals surface area contributed by atoms with Crippen LogP contribution < -0.4 is 10.5 Å². The third-order valence-electron chi connectivity index (χ3n) is 3.30. The number of hydrogen-bond donors (Lipinski definition) is 2. The summed E-state index contributed by atoms with van der Waals surface area (Å²) in [6.45, 7) is 3.73. The maximum atomic E-state index is 12.4. The number of halogens is 2. The van der Waals surface area contributed by atoms with Crippen LogP contribution in [0, 0.1) is 5.92 Å². The molecule has 1 fully saturated rings. The molecule has 0 unspecified atom stereocenters. The van der Waals surface area contributed by atoms with Crippen molar-refractivity contribution in [1.29, 1.82) is 0 Å². The van der Waals surface area contributed by atoms with Crippen molar-refractivity contribution in [2.45, 2.75) is 37.1 Å². The van der Waals surface area contributed by atoms with Crippen molar-refractivity contribution in [1.82, 2.24) is 4.72 Å². The van der Waals surface area contributed by atoms with E-state index in [2.05, 4.69) is 4.72 Å². The first kappa shape index (κ1) is 14.9. The van der Waals surface area contributed by atoms with Crippen molar-refractivity contribution in [3.63, 3.8) is 0 Å². The molecule has 0 radical (unpaired) electrons. The predicted octanol–water partition coefficient (Wildman–Crippen LogP) is 3.04. The molecule has 1 aliphatic carbocycles. The highest BCUT2D eigenvalue weighted by Gasteiger charge is 2.41. The summed E-state index contributed by atoms with van der Waals surface area (Å²) in [5, 5.41) is 0.340. The average Bonchev–Trinajstić information content (AvgIpc) is 2.94. The van der Waals surface area contributed by atoms with Gasteiger partial charge in [-0.15, -0.1) is 0 Å². The molecular formula is C12H16Cl2N2O2S. The molecule has 106 valence electrons. The molecule has 7 heteroatoms. The molecule has 4 nitrogen and oxygen atoms in total. The van der Waals surface area contributed by atoms with Crippen molar-refractivity contribution >= 4 is 38.9 Å². The van der Waals surface area contributed by atoms with Gasteiger partial charge in [-0.3, -0.25) is 0 Å². The minimum atomic E-state index is -3.77. The number of nitrogen functional groups attached to an aromatic ring is 1. The SMILES string of the molecule is CC(C)(NS(=O)(=O)c1c(N)cc(Cl)cc1Cl)C1CC1. The first-order valence-corrected chi connectivity index (χ1v) is 8.16. The highest BCUT2D eigenvalue weighted by Crippen LogP contribution is 2.41. The first-order chi connectivity index (χ1) is 8.63. The molecule has 1 saturated carbocycles. The van der Waals surface area contributed by atoms with Gasteiger partial charge in [0.2, 0.25) is 10.0 Å². The highest BCUT2D eigenvalue weighted by atomic mass is 35.5. The van der Waals surface area contributed by atoms with Gasteiger partial charge in [-0.25, -0.2) is 13.1 Å². The largest absolute Gasteiger partial charge is 0.398 e. The van der Waals surface area contributed by atoms with Crippen LogP contribution in [0.3, 0.4) is 0 Å². The van der Waals surface area contributed by atoms with E-state index in [1.54, 1.807) is 0 Å². The minimum absolute atomic E-state index is 0.0316. The maximum Gasteiger partial charge on any atom is 0.244 e. The van der Waals surface area contributed by atoms with Gasteiger partial charge in [0.15, 0.2) is 0 Å². The van der Waals surface area contributed by atoms with Crippen LogP contribution in [-0.4, -0.2) is 14.0 Å². The van der Waals surface area contributed by atoms with Crippen molar-refractivity contribution in [2.75, 3.05) is 5.73 Å². The molecule has 0 saturated heterocycles.